The Morgan fingerprint density at radius 2 is 1.93 bits per heavy atom. The second kappa shape index (κ2) is 9.80. The summed E-state index contributed by atoms with van der Waals surface area (Å²) in [6.45, 7) is 2.10. The van der Waals surface area contributed by atoms with Crippen LogP contribution < -0.4 is 5.73 Å². The summed E-state index contributed by atoms with van der Waals surface area (Å²) in [6, 6.07) is 8.27. The van der Waals surface area contributed by atoms with Crippen molar-refractivity contribution >= 4 is 63.6 Å². The summed E-state index contributed by atoms with van der Waals surface area (Å²) in [4.78, 5) is 23.7. The Morgan fingerprint density at radius 1 is 1.19 bits per heavy atom. The molecule has 1 amide bonds. The van der Waals surface area contributed by atoms with Gasteiger partial charge in [0.2, 0.25) is 0 Å². The van der Waals surface area contributed by atoms with E-state index in [2.05, 4.69) is 23.2 Å². The van der Waals surface area contributed by atoms with E-state index in [-0.39, 0.29) is 30.7 Å². The number of carbonyl (C=O) groups is 1. The molecular formula is C18H22Cl2N4OS2. The number of halogens is 2. The number of amides is 1. The second-order valence-electron chi connectivity index (χ2n) is 6.25. The Morgan fingerprint density at radius 3 is 2.63 bits per heavy atom. The van der Waals surface area contributed by atoms with Gasteiger partial charge in [0.05, 0.1) is 20.2 Å². The minimum atomic E-state index is 0. The summed E-state index contributed by atoms with van der Waals surface area (Å²) in [7, 11) is 0. The van der Waals surface area contributed by atoms with Crippen LogP contribution in [0.3, 0.4) is 0 Å². The lowest BCUT2D eigenvalue weighted by Gasteiger charge is -2.30. The molecule has 5 nitrogen and oxygen atoms in total. The van der Waals surface area contributed by atoms with Crippen LogP contribution >= 0.6 is 47.5 Å². The third kappa shape index (κ3) is 4.78. The number of hydrogen-bond acceptors (Lipinski definition) is 6. The van der Waals surface area contributed by atoms with Crippen LogP contribution in [0.1, 0.15) is 39.3 Å². The van der Waals surface area contributed by atoms with Gasteiger partial charge in [0.1, 0.15) is 5.69 Å². The average molecular weight is 445 g/mol. The first kappa shape index (κ1) is 22.0. The highest BCUT2D eigenvalue weighted by Crippen LogP contribution is 2.34. The van der Waals surface area contributed by atoms with Gasteiger partial charge in [-0.1, -0.05) is 12.1 Å². The summed E-state index contributed by atoms with van der Waals surface area (Å²) in [5.41, 5.74) is 7.20. The number of thiazole rings is 2. The van der Waals surface area contributed by atoms with E-state index in [0.29, 0.717) is 18.2 Å². The molecule has 0 spiro atoms. The molecule has 0 atom stereocenters. The number of rotatable bonds is 4. The van der Waals surface area contributed by atoms with E-state index in [1.54, 1.807) is 11.3 Å². The molecule has 146 valence electrons. The molecule has 27 heavy (non-hydrogen) atoms. The fourth-order valence-electron chi connectivity index (χ4n) is 3.20. The molecule has 9 heteroatoms. The molecule has 0 saturated carbocycles. The first-order valence-corrected chi connectivity index (χ1v) is 10.2. The van der Waals surface area contributed by atoms with E-state index < -0.39 is 0 Å². The zero-order valence-electron chi connectivity index (χ0n) is 14.7. The normalized spacial score (nSPS) is 14.6. The minimum Gasteiger partial charge on any atom is -0.337 e. The highest BCUT2D eigenvalue weighted by molar-refractivity contribution is 7.18. The maximum Gasteiger partial charge on any atom is 0.273 e. The molecule has 0 unspecified atom stereocenters. The molecule has 1 aliphatic rings. The number of benzene rings is 1. The molecule has 1 fully saturated rings. The Kier molecular flexibility index (Phi) is 8.00. The van der Waals surface area contributed by atoms with Crippen LogP contribution in [0.2, 0.25) is 0 Å². The number of fused-ring (bicyclic) bond motifs is 1. The minimum absolute atomic E-state index is 0. The predicted octanol–water partition coefficient (Wildman–Crippen LogP) is 4.12. The van der Waals surface area contributed by atoms with Gasteiger partial charge in [-0.3, -0.25) is 4.79 Å². The van der Waals surface area contributed by atoms with Crippen molar-refractivity contribution < 1.29 is 4.79 Å². The molecule has 3 aromatic rings. The first-order valence-electron chi connectivity index (χ1n) is 8.54. The zero-order chi connectivity index (χ0) is 17.2. The van der Waals surface area contributed by atoms with Crippen LogP contribution in [-0.4, -0.2) is 40.4 Å². The van der Waals surface area contributed by atoms with E-state index in [9.17, 15) is 4.79 Å². The van der Waals surface area contributed by atoms with Gasteiger partial charge in [-0.25, -0.2) is 9.97 Å². The highest BCUT2D eigenvalue weighted by Gasteiger charge is 2.27. The summed E-state index contributed by atoms with van der Waals surface area (Å²) < 4.78 is 1.24. The number of likely N-dealkylation sites (tertiary alicyclic amines) is 1. The first-order chi connectivity index (χ1) is 12.2. The van der Waals surface area contributed by atoms with Gasteiger partial charge < -0.3 is 10.6 Å². The fourth-order valence-corrected chi connectivity index (χ4v) is 5.13. The van der Waals surface area contributed by atoms with Gasteiger partial charge >= 0.3 is 0 Å². The van der Waals surface area contributed by atoms with Crippen LogP contribution in [-0.2, 0) is 6.42 Å². The lowest BCUT2D eigenvalue weighted by atomic mass is 9.97. The van der Waals surface area contributed by atoms with Gasteiger partial charge in [0.25, 0.3) is 5.91 Å². The summed E-state index contributed by atoms with van der Waals surface area (Å²) in [5, 5.41) is 4.00. The van der Waals surface area contributed by atoms with Crippen LogP contribution in [0, 0.1) is 0 Å². The van der Waals surface area contributed by atoms with Gasteiger partial charge in [-0.05, 0) is 31.5 Å². The van der Waals surface area contributed by atoms with Gasteiger partial charge in [-0.15, -0.1) is 47.5 Å². The van der Waals surface area contributed by atoms with Crippen molar-refractivity contribution in [2.24, 2.45) is 5.73 Å². The molecule has 2 aromatic heterocycles. The third-order valence-corrected chi connectivity index (χ3v) is 6.68. The SMILES string of the molecule is Cl.Cl.NCCc1nc(C(=O)N2CCC(c3nc4ccccc4s3)CC2)cs1. The van der Waals surface area contributed by atoms with Crippen molar-refractivity contribution in [2.45, 2.75) is 25.2 Å². The summed E-state index contributed by atoms with van der Waals surface area (Å²) >= 11 is 3.30. The standard InChI is InChI=1S/C18H20N4OS2.2ClH/c19-8-5-16-20-14(11-24-16)18(23)22-9-6-12(7-10-22)17-21-13-3-1-2-4-15(13)25-17;;/h1-4,11-12H,5-10,19H2;2*1H. The van der Waals surface area contributed by atoms with Crippen LogP contribution in [0.25, 0.3) is 10.2 Å². The maximum atomic E-state index is 12.6. The number of nitrogens with two attached hydrogens (primary N) is 1. The molecule has 2 N–H and O–H groups in total. The predicted molar refractivity (Wildman–Crippen MR) is 117 cm³/mol. The Balaban J connectivity index is 0.00000131. The monoisotopic (exact) mass is 444 g/mol. The number of hydrogen-bond donors (Lipinski definition) is 1. The topological polar surface area (TPSA) is 72.1 Å². The van der Waals surface area contributed by atoms with Gasteiger partial charge in [0.15, 0.2) is 0 Å². The molecule has 4 rings (SSSR count). The summed E-state index contributed by atoms with van der Waals surface area (Å²) in [6.07, 6.45) is 2.66. The van der Waals surface area contributed by atoms with E-state index in [4.69, 9.17) is 10.7 Å². The van der Waals surface area contributed by atoms with Crippen LogP contribution in [0.4, 0.5) is 0 Å². The Hall–Kier alpha value is -1.25. The van der Waals surface area contributed by atoms with Crippen molar-refractivity contribution in [3.63, 3.8) is 0 Å². The molecule has 1 aliphatic heterocycles. The largest absolute Gasteiger partial charge is 0.337 e. The molecule has 1 aromatic carbocycles. The van der Waals surface area contributed by atoms with Crippen molar-refractivity contribution in [1.29, 1.82) is 0 Å². The van der Waals surface area contributed by atoms with E-state index in [0.717, 1.165) is 42.9 Å². The molecule has 0 aliphatic carbocycles. The molecule has 3 heterocycles. The van der Waals surface area contributed by atoms with E-state index in [1.807, 2.05) is 16.3 Å². The van der Waals surface area contributed by atoms with E-state index >= 15 is 0 Å². The van der Waals surface area contributed by atoms with Crippen molar-refractivity contribution in [3.8, 4) is 0 Å². The number of aromatic nitrogens is 2. The molecule has 1 saturated heterocycles. The van der Waals surface area contributed by atoms with E-state index in [1.165, 1.54) is 21.0 Å². The van der Waals surface area contributed by atoms with Gasteiger partial charge in [0, 0.05) is 30.8 Å². The van der Waals surface area contributed by atoms with Crippen molar-refractivity contribution in [1.82, 2.24) is 14.9 Å². The van der Waals surface area contributed by atoms with Crippen molar-refractivity contribution in [3.05, 3.63) is 45.4 Å². The van der Waals surface area contributed by atoms with Crippen LogP contribution in [0.15, 0.2) is 29.6 Å². The number of carbonyl (C=O) groups excluding carboxylic acids is 1. The number of para-hydroxylation sites is 1. The smallest absolute Gasteiger partial charge is 0.273 e. The quantitative estimate of drug-likeness (QED) is 0.656. The number of piperidine rings is 1. The lowest BCUT2D eigenvalue weighted by molar-refractivity contribution is 0.0707. The van der Waals surface area contributed by atoms with Crippen molar-refractivity contribution in [2.75, 3.05) is 19.6 Å². The van der Waals surface area contributed by atoms with Gasteiger partial charge in [-0.2, -0.15) is 0 Å². The number of nitrogens with zero attached hydrogens (tertiary/aromatic N) is 3. The zero-order valence-corrected chi connectivity index (χ0v) is 17.9. The highest BCUT2D eigenvalue weighted by atomic mass is 35.5. The Bertz CT molecular complexity index is 857. The average Bonchev–Trinajstić information content (AvgIpc) is 3.28. The third-order valence-electron chi connectivity index (χ3n) is 4.57. The lowest BCUT2D eigenvalue weighted by Crippen LogP contribution is -2.38. The Labute approximate surface area is 178 Å². The molecule has 0 bridgehead atoms. The molecular weight excluding hydrogens is 423 g/mol. The summed E-state index contributed by atoms with van der Waals surface area (Å²) in [5.74, 6) is 0.493. The molecule has 0 radical (unpaired) electrons. The second-order valence-corrected chi connectivity index (χ2v) is 8.26. The maximum absolute atomic E-state index is 12.6. The van der Waals surface area contributed by atoms with Crippen LogP contribution in [0.5, 0.6) is 0 Å². The fraction of sp³-hybridized carbons (Fsp3) is 0.389.